The topological polar surface area (TPSA) is 34.2 Å². The molecule has 21 heavy (non-hydrogen) atoms. The molecule has 0 bridgehead atoms. The van der Waals surface area contributed by atoms with Gasteiger partial charge in [-0.15, -0.1) is 11.3 Å². The van der Waals surface area contributed by atoms with Gasteiger partial charge in [-0.2, -0.15) is 0 Å². The molecule has 0 saturated heterocycles. The number of rotatable bonds is 5. The van der Waals surface area contributed by atoms with E-state index in [1.807, 2.05) is 6.07 Å². The monoisotopic (exact) mass is 302 g/mol. The van der Waals surface area contributed by atoms with Crippen LogP contribution in [-0.2, 0) is 6.42 Å². The zero-order chi connectivity index (χ0) is 14.7. The summed E-state index contributed by atoms with van der Waals surface area (Å²) in [4.78, 5) is 4.63. The number of likely N-dealkylation sites (N-methyl/N-ethyl adjacent to an activating group) is 1. The summed E-state index contributed by atoms with van der Waals surface area (Å²) in [5, 5.41) is 6.99. The Labute approximate surface area is 130 Å². The van der Waals surface area contributed by atoms with Crippen molar-refractivity contribution in [2.75, 3.05) is 13.2 Å². The predicted octanol–water partition coefficient (Wildman–Crippen LogP) is 3.54. The zero-order valence-electron chi connectivity index (χ0n) is 12.6. The third-order valence-corrected chi connectivity index (χ3v) is 4.87. The largest absolute Gasteiger partial charge is 0.493 e. The first kappa shape index (κ1) is 14.5. The number of nitrogens with one attached hydrogen (secondary N) is 1. The van der Waals surface area contributed by atoms with Gasteiger partial charge in [0.05, 0.1) is 17.3 Å². The molecule has 0 amide bonds. The fraction of sp³-hybridized carbons (Fsp3) is 0.471. The van der Waals surface area contributed by atoms with Gasteiger partial charge in [-0.25, -0.2) is 4.98 Å². The van der Waals surface area contributed by atoms with Crippen LogP contribution in [0.1, 0.15) is 35.5 Å². The maximum absolute atomic E-state index is 5.79. The van der Waals surface area contributed by atoms with E-state index in [0.29, 0.717) is 12.0 Å². The molecule has 0 aliphatic carbocycles. The van der Waals surface area contributed by atoms with E-state index in [9.17, 15) is 0 Å². The predicted molar refractivity (Wildman–Crippen MR) is 87.3 cm³/mol. The molecule has 1 aliphatic heterocycles. The van der Waals surface area contributed by atoms with Gasteiger partial charge in [-0.1, -0.05) is 25.1 Å². The summed E-state index contributed by atoms with van der Waals surface area (Å²) in [7, 11) is 0. The van der Waals surface area contributed by atoms with E-state index >= 15 is 0 Å². The van der Waals surface area contributed by atoms with Gasteiger partial charge in [-0.3, -0.25) is 0 Å². The van der Waals surface area contributed by atoms with Crippen LogP contribution in [0.3, 0.4) is 0 Å². The molecule has 2 atom stereocenters. The molecule has 0 saturated carbocycles. The van der Waals surface area contributed by atoms with Crippen molar-refractivity contribution in [3.63, 3.8) is 0 Å². The summed E-state index contributed by atoms with van der Waals surface area (Å²) in [6.07, 6.45) is 2.05. The second-order valence-electron chi connectivity index (χ2n) is 5.51. The summed E-state index contributed by atoms with van der Waals surface area (Å²) in [5.74, 6) is 1.54. The summed E-state index contributed by atoms with van der Waals surface area (Å²) >= 11 is 1.73. The van der Waals surface area contributed by atoms with Crippen molar-refractivity contribution in [1.29, 1.82) is 0 Å². The van der Waals surface area contributed by atoms with E-state index in [4.69, 9.17) is 4.74 Å². The Kier molecular flexibility index (Phi) is 4.56. The van der Waals surface area contributed by atoms with Crippen LogP contribution < -0.4 is 10.1 Å². The quantitative estimate of drug-likeness (QED) is 0.917. The van der Waals surface area contributed by atoms with Crippen LogP contribution in [0.2, 0.25) is 0 Å². The maximum atomic E-state index is 5.79. The lowest BCUT2D eigenvalue weighted by Gasteiger charge is -2.32. The first-order valence-corrected chi connectivity index (χ1v) is 8.52. The van der Waals surface area contributed by atoms with Crippen LogP contribution in [0, 0.1) is 6.92 Å². The molecule has 0 spiro atoms. The lowest BCUT2D eigenvalue weighted by atomic mass is 9.84. The number of benzene rings is 1. The van der Waals surface area contributed by atoms with E-state index < -0.39 is 0 Å². The van der Waals surface area contributed by atoms with Crippen LogP contribution in [0.15, 0.2) is 29.6 Å². The maximum Gasteiger partial charge on any atom is 0.122 e. The molecule has 2 heterocycles. The molecule has 0 radical (unpaired) electrons. The first-order valence-electron chi connectivity index (χ1n) is 7.64. The molecule has 112 valence electrons. The standard InChI is InChI=1S/C17H22N2OS/c1-3-18-16(10-13-11-21-12(2)19-13)14-8-9-20-17-7-5-4-6-15(14)17/h4-7,11,14,16,18H,3,8-10H2,1-2H3. The highest BCUT2D eigenvalue weighted by molar-refractivity contribution is 7.09. The molecular weight excluding hydrogens is 280 g/mol. The average molecular weight is 302 g/mol. The molecule has 4 heteroatoms. The van der Waals surface area contributed by atoms with Gasteiger partial charge >= 0.3 is 0 Å². The number of hydrogen-bond donors (Lipinski definition) is 1. The molecule has 2 unspecified atom stereocenters. The van der Waals surface area contributed by atoms with E-state index in [2.05, 4.69) is 47.7 Å². The third kappa shape index (κ3) is 3.27. The normalized spacial score (nSPS) is 18.9. The molecule has 0 fully saturated rings. The number of ether oxygens (including phenoxy) is 1. The number of aryl methyl sites for hydroxylation is 1. The van der Waals surface area contributed by atoms with Crippen molar-refractivity contribution >= 4 is 11.3 Å². The van der Waals surface area contributed by atoms with Crippen LogP contribution >= 0.6 is 11.3 Å². The Balaban J connectivity index is 1.84. The lowest BCUT2D eigenvalue weighted by Crippen LogP contribution is -2.39. The van der Waals surface area contributed by atoms with Gasteiger partial charge in [0.2, 0.25) is 0 Å². The van der Waals surface area contributed by atoms with Gasteiger partial charge in [-0.05, 0) is 31.5 Å². The minimum Gasteiger partial charge on any atom is -0.493 e. The number of aromatic nitrogens is 1. The van der Waals surface area contributed by atoms with E-state index in [1.54, 1.807) is 11.3 Å². The fourth-order valence-corrected chi connectivity index (χ4v) is 3.76. The summed E-state index contributed by atoms with van der Waals surface area (Å²) in [6, 6.07) is 8.86. The van der Waals surface area contributed by atoms with Gasteiger partial charge in [0.15, 0.2) is 0 Å². The summed E-state index contributed by atoms with van der Waals surface area (Å²) in [5.41, 5.74) is 2.54. The van der Waals surface area contributed by atoms with Crippen LogP contribution in [0.25, 0.3) is 0 Å². The third-order valence-electron chi connectivity index (χ3n) is 4.05. The van der Waals surface area contributed by atoms with Gasteiger partial charge in [0.1, 0.15) is 5.75 Å². The smallest absolute Gasteiger partial charge is 0.122 e. The Bertz CT molecular complexity index is 596. The highest BCUT2D eigenvalue weighted by Crippen LogP contribution is 2.36. The molecule has 2 aromatic rings. The molecule has 1 aliphatic rings. The highest BCUT2D eigenvalue weighted by atomic mass is 32.1. The Morgan fingerprint density at radius 2 is 2.29 bits per heavy atom. The molecule has 1 aromatic carbocycles. The van der Waals surface area contributed by atoms with Gasteiger partial charge in [0.25, 0.3) is 0 Å². The number of para-hydroxylation sites is 1. The van der Waals surface area contributed by atoms with E-state index in [-0.39, 0.29) is 0 Å². The molecule has 3 nitrogen and oxygen atoms in total. The zero-order valence-corrected chi connectivity index (χ0v) is 13.5. The highest BCUT2D eigenvalue weighted by Gasteiger charge is 2.28. The first-order chi connectivity index (χ1) is 10.3. The molecule has 1 aromatic heterocycles. The lowest BCUT2D eigenvalue weighted by molar-refractivity contribution is 0.245. The van der Waals surface area contributed by atoms with Gasteiger partial charge in [0, 0.05) is 23.8 Å². The second kappa shape index (κ2) is 6.58. The van der Waals surface area contributed by atoms with Crippen LogP contribution in [-0.4, -0.2) is 24.2 Å². The van der Waals surface area contributed by atoms with Crippen molar-refractivity contribution in [2.24, 2.45) is 0 Å². The number of fused-ring (bicyclic) bond motifs is 1. The SMILES string of the molecule is CCNC(Cc1csc(C)n1)C1CCOc2ccccc21. The van der Waals surface area contributed by atoms with Crippen molar-refractivity contribution in [2.45, 2.75) is 38.6 Å². The van der Waals surface area contributed by atoms with E-state index in [0.717, 1.165) is 36.8 Å². The van der Waals surface area contributed by atoms with Gasteiger partial charge < -0.3 is 10.1 Å². The van der Waals surface area contributed by atoms with E-state index in [1.165, 1.54) is 11.3 Å². The molecular formula is C17H22N2OS. The summed E-state index contributed by atoms with van der Waals surface area (Å²) in [6.45, 7) is 6.03. The van der Waals surface area contributed by atoms with Crippen molar-refractivity contribution in [3.8, 4) is 5.75 Å². The summed E-state index contributed by atoms with van der Waals surface area (Å²) < 4.78 is 5.79. The minimum absolute atomic E-state index is 0.418. The Morgan fingerprint density at radius 1 is 1.43 bits per heavy atom. The van der Waals surface area contributed by atoms with Crippen molar-refractivity contribution < 1.29 is 4.74 Å². The Hall–Kier alpha value is -1.39. The second-order valence-corrected chi connectivity index (χ2v) is 6.57. The van der Waals surface area contributed by atoms with Crippen LogP contribution in [0.4, 0.5) is 0 Å². The van der Waals surface area contributed by atoms with Crippen molar-refractivity contribution in [1.82, 2.24) is 10.3 Å². The molecule has 1 N–H and O–H groups in total. The number of thiazole rings is 1. The van der Waals surface area contributed by atoms with Crippen LogP contribution in [0.5, 0.6) is 5.75 Å². The Morgan fingerprint density at radius 3 is 3.05 bits per heavy atom. The van der Waals surface area contributed by atoms with Crippen molar-refractivity contribution in [3.05, 3.63) is 45.9 Å². The number of hydrogen-bond acceptors (Lipinski definition) is 4. The average Bonchev–Trinajstić information content (AvgIpc) is 2.91. The fourth-order valence-electron chi connectivity index (χ4n) is 3.13. The molecule has 3 rings (SSSR count). The minimum atomic E-state index is 0.418. The number of nitrogens with zero attached hydrogens (tertiary/aromatic N) is 1.